The lowest BCUT2D eigenvalue weighted by atomic mass is 9.92. The first-order valence-corrected chi connectivity index (χ1v) is 9.83. The number of nitrogens with one attached hydrogen (secondary N) is 1. The molecule has 0 aromatic carbocycles. The van der Waals surface area contributed by atoms with Gasteiger partial charge in [0, 0.05) is 23.0 Å². The van der Waals surface area contributed by atoms with Crippen molar-refractivity contribution in [2.24, 2.45) is 0 Å². The summed E-state index contributed by atoms with van der Waals surface area (Å²) in [4.78, 5) is 30.1. The van der Waals surface area contributed by atoms with E-state index in [0.29, 0.717) is 42.6 Å². The number of aromatic amines is 1. The Kier molecular flexibility index (Phi) is 4.09. The van der Waals surface area contributed by atoms with E-state index in [2.05, 4.69) is 19.9 Å². The molecule has 0 aliphatic heterocycles. The number of pyridine rings is 2. The minimum absolute atomic E-state index is 0.0451. The maximum atomic E-state index is 13.6. The maximum Gasteiger partial charge on any atom is 0.261 e. The minimum Gasteiger partial charge on any atom is -0.393 e. The lowest BCUT2D eigenvalue weighted by Crippen LogP contribution is -2.31. The summed E-state index contributed by atoms with van der Waals surface area (Å²) in [5, 5.41) is 11.7. The molecule has 8 heteroatoms. The Hall–Kier alpha value is -3.26. The van der Waals surface area contributed by atoms with Gasteiger partial charge in [0.2, 0.25) is 5.95 Å². The fourth-order valence-corrected chi connectivity index (χ4v) is 4.29. The number of rotatable bonds is 2. The molecule has 0 amide bonds. The predicted octanol–water partition coefficient (Wildman–Crippen LogP) is 2.70. The van der Waals surface area contributed by atoms with Gasteiger partial charge in [-0.2, -0.15) is 4.98 Å². The summed E-state index contributed by atoms with van der Waals surface area (Å²) in [6.45, 7) is 1.87. The Balaban J connectivity index is 1.78. The molecule has 4 heterocycles. The molecule has 148 valence electrons. The Morgan fingerprint density at radius 1 is 1.14 bits per heavy atom. The van der Waals surface area contributed by atoms with E-state index in [-0.39, 0.29) is 23.7 Å². The first kappa shape index (κ1) is 17.8. The van der Waals surface area contributed by atoms with E-state index in [1.54, 1.807) is 4.57 Å². The van der Waals surface area contributed by atoms with Crippen LogP contribution in [0.5, 0.6) is 0 Å². The van der Waals surface area contributed by atoms with Gasteiger partial charge >= 0.3 is 0 Å². The van der Waals surface area contributed by atoms with Gasteiger partial charge in [-0.25, -0.2) is 9.97 Å². The molecule has 8 nitrogen and oxygen atoms in total. The molecule has 1 saturated carbocycles. The van der Waals surface area contributed by atoms with Gasteiger partial charge in [-0.3, -0.25) is 9.36 Å². The van der Waals surface area contributed by atoms with Crippen LogP contribution in [0.4, 0.5) is 5.95 Å². The van der Waals surface area contributed by atoms with Gasteiger partial charge in [-0.15, -0.1) is 0 Å². The van der Waals surface area contributed by atoms with Crippen molar-refractivity contribution in [3.05, 3.63) is 46.5 Å². The van der Waals surface area contributed by atoms with Crippen molar-refractivity contribution in [3.8, 4) is 11.3 Å². The molecule has 1 aliphatic rings. The van der Waals surface area contributed by atoms with E-state index < -0.39 is 0 Å². The van der Waals surface area contributed by atoms with Crippen molar-refractivity contribution in [1.29, 1.82) is 0 Å². The first-order chi connectivity index (χ1) is 14.0. The average molecular weight is 390 g/mol. The number of H-pyrrole nitrogens is 1. The highest BCUT2D eigenvalue weighted by Crippen LogP contribution is 2.31. The second kappa shape index (κ2) is 6.66. The molecule has 0 spiro atoms. The molecule has 29 heavy (non-hydrogen) atoms. The summed E-state index contributed by atoms with van der Waals surface area (Å²) >= 11 is 0. The summed E-state index contributed by atoms with van der Waals surface area (Å²) in [5.74, 6) is 0.151. The highest BCUT2D eigenvalue weighted by molar-refractivity contribution is 5.85. The van der Waals surface area contributed by atoms with Crippen LogP contribution in [0.15, 0.2) is 35.3 Å². The van der Waals surface area contributed by atoms with E-state index in [0.717, 1.165) is 22.1 Å². The van der Waals surface area contributed by atoms with Crippen molar-refractivity contribution in [2.45, 2.75) is 44.8 Å². The van der Waals surface area contributed by atoms with Crippen molar-refractivity contribution in [2.75, 3.05) is 5.73 Å². The van der Waals surface area contributed by atoms with Gasteiger partial charge in [0.15, 0.2) is 0 Å². The predicted molar refractivity (Wildman–Crippen MR) is 112 cm³/mol. The normalized spacial score (nSPS) is 19.8. The molecule has 4 N–H and O–H groups in total. The van der Waals surface area contributed by atoms with Gasteiger partial charge in [0.1, 0.15) is 11.3 Å². The van der Waals surface area contributed by atoms with Crippen LogP contribution in [0.25, 0.3) is 33.3 Å². The number of aliphatic hydroxyl groups excluding tert-OH is 1. The molecule has 4 aromatic heterocycles. The molecule has 0 bridgehead atoms. The summed E-state index contributed by atoms with van der Waals surface area (Å²) < 4.78 is 1.74. The van der Waals surface area contributed by atoms with Gasteiger partial charge in [-0.1, -0.05) is 0 Å². The molecule has 4 aromatic rings. The third kappa shape index (κ3) is 2.96. The zero-order chi connectivity index (χ0) is 20.1. The zero-order valence-electron chi connectivity index (χ0n) is 16.1. The van der Waals surface area contributed by atoms with Crippen LogP contribution >= 0.6 is 0 Å². The van der Waals surface area contributed by atoms with E-state index in [9.17, 15) is 9.90 Å². The Labute approximate surface area is 166 Å². The fraction of sp³-hybridized carbons (Fsp3) is 0.333. The van der Waals surface area contributed by atoms with E-state index >= 15 is 0 Å². The molecule has 5 rings (SSSR count). The third-order valence-electron chi connectivity index (χ3n) is 5.82. The molecule has 0 radical (unpaired) electrons. The summed E-state index contributed by atoms with van der Waals surface area (Å²) in [7, 11) is 0. The Morgan fingerprint density at radius 3 is 2.72 bits per heavy atom. The van der Waals surface area contributed by atoms with Crippen LogP contribution in [-0.4, -0.2) is 35.7 Å². The van der Waals surface area contributed by atoms with Gasteiger partial charge < -0.3 is 15.8 Å². The van der Waals surface area contributed by atoms with Gasteiger partial charge in [-0.05, 0) is 56.9 Å². The highest BCUT2D eigenvalue weighted by Gasteiger charge is 2.26. The lowest BCUT2D eigenvalue weighted by molar-refractivity contribution is 0.111. The molecule has 0 saturated heterocycles. The molecule has 1 fully saturated rings. The SMILES string of the molecule is Cc1nc(N)nc2c1cc(-c1ccc3cc[nH]c3n1)c(=O)n2C1CCC(O)CC1. The Morgan fingerprint density at radius 2 is 1.93 bits per heavy atom. The van der Waals surface area contributed by atoms with Crippen LogP contribution in [0.3, 0.4) is 0 Å². The quantitative estimate of drug-likeness (QED) is 0.484. The van der Waals surface area contributed by atoms with Crippen LogP contribution < -0.4 is 11.3 Å². The van der Waals surface area contributed by atoms with E-state index in [1.807, 2.05) is 37.4 Å². The monoisotopic (exact) mass is 390 g/mol. The maximum absolute atomic E-state index is 13.6. The fourth-order valence-electron chi connectivity index (χ4n) is 4.29. The average Bonchev–Trinajstić information content (AvgIpc) is 3.16. The topological polar surface area (TPSA) is 123 Å². The van der Waals surface area contributed by atoms with Crippen molar-refractivity contribution < 1.29 is 5.11 Å². The van der Waals surface area contributed by atoms with Crippen molar-refractivity contribution in [3.63, 3.8) is 0 Å². The standard InChI is InChI=1S/C21H22N6O2/c1-11-15-10-16(17-7-2-12-8-9-23-18(12)25-17)20(29)27(19(15)26-21(22)24-11)13-3-5-14(28)6-4-13/h2,7-10,13-14,28H,3-6H2,1H3,(H,23,25)(H2,22,24,26). The first-order valence-electron chi connectivity index (χ1n) is 9.83. The number of aryl methyl sites for hydroxylation is 1. The second-order valence-corrected chi connectivity index (χ2v) is 7.71. The minimum atomic E-state index is -0.310. The Bertz CT molecular complexity index is 1280. The number of nitrogens with two attached hydrogens (primary N) is 1. The zero-order valence-corrected chi connectivity index (χ0v) is 16.1. The number of aromatic nitrogens is 5. The molecular weight excluding hydrogens is 368 g/mol. The second-order valence-electron chi connectivity index (χ2n) is 7.71. The van der Waals surface area contributed by atoms with Crippen molar-refractivity contribution in [1.82, 2.24) is 24.5 Å². The molecule has 0 atom stereocenters. The molecule has 1 aliphatic carbocycles. The summed E-state index contributed by atoms with van der Waals surface area (Å²) in [5.41, 5.74) is 8.88. The lowest BCUT2D eigenvalue weighted by Gasteiger charge is -2.28. The van der Waals surface area contributed by atoms with Crippen LogP contribution in [0.2, 0.25) is 0 Å². The largest absolute Gasteiger partial charge is 0.393 e. The number of fused-ring (bicyclic) bond motifs is 2. The number of nitrogen functional groups attached to an aromatic ring is 1. The highest BCUT2D eigenvalue weighted by atomic mass is 16.3. The van der Waals surface area contributed by atoms with Gasteiger partial charge in [0.25, 0.3) is 5.56 Å². The summed E-state index contributed by atoms with van der Waals surface area (Å²) in [6, 6.07) is 7.53. The number of hydrogen-bond acceptors (Lipinski definition) is 6. The van der Waals surface area contributed by atoms with Crippen LogP contribution in [-0.2, 0) is 0 Å². The molecular formula is C21H22N6O2. The smallest absolute Gasteiger partial charge is 0.261 e. The number of aliphatic hydroxyl groups is 1. The van der Waals surface area contributed by atoms with Crippen LogP contribution in [0, 0.1) is 6.92 Å². The molecule has 0 unspecified atom stereocenters. The van der Waals surface area contributed by atoms with E-state index in [4.69, 9.17) is 5.73 Å². The summed E-state index contributed by atoms with van der Waals surface area (Å²) in [6.07, 6.45) is 4.27. The van der Waals surface area contributed by atoms with E-state index in [1.165, 1.54) is 0 Å². The number of nitrogens with zero attached hydrogens (tertiary/aromatic N) is 4. The van der Waals surface area contributed by atoms with Crippen LogP contribution in [0.1, 0.15) is 37.4 Å². The number of hydrogen-bond donors (Lipinski definition) is 3. The third-order valence-corrected chi connectivity index (χ3v) is 5.82. The number of anilines is 1. The van der Waals surface area contributed by atoms with Gasteiger partial charge in [0.05, 0.1) is 23.1 Å². The van der Waals surface area contributed by atoms with Crippen molar-refractivity contribution >= 4 is 28.0 Å².